The molecule has 0 saturated carbocycles. The van der Waals surface area contributed by atoms with Crippen LogP contribution in [0.25, 0.3) is 0 Å². The summed E-state index contributed by atoms with van der Waals surface area (Å²) in [5.41, 5.74) is 0. The van der Waals surface area contributed by atoms with Gasteiger partial charge in [-0.25, -0.2) is 0 Å². The fraction of sp³-hybridized carbons (Fsp3) is 0.714. The molecule has 0 spiro atoms. The minimum Gasteiger partial charge on any atom is -0.509 e. The second kappa shape index (κ2) is 3.38. The molecular weight excluding hydrogens is 116 g/mol. The molecule has 0 aliphatic rings. The van der Waals surface area contributed by atoms with Gasteiger partial charge in [0.25, 0.3) is 0 Å². The summed E-state index contributed by atoms with van der Waals surface area (Å²) in [6.07, 6.45) is 0.851. The van der Waals surface area contributed by atoms with E-state index in [1.807, 2.05) is 13.8 Å². The minimum absolute atomic E-state index is 0.0318. The van der Waals surface area contributed by atoms with Crippen LogP contribution in [0, 0.1) is 5.92 Å². The topological polar surface area (TPSA) is 40.5 Å². The van der Waals surface area contributed by atoms with Gasteiger partial charge in [-0.2, -0.15) is 0 Å². The number of rotatable bonds is 2. The number of aliphatic hydroxyl groups excluding tert-OH is 2. The lowest BCUT2D eigenvalue weighted by Gasteiger charge is -2.06. The molecule has 1 unspecified atom stereocenters. The molecule has 0 saturated heterocycles. The molecule has 9 heavy (non-hydrogen) atoms. The smallest absolute Gasteiger partial charge is 0.132 e. The van der Waals surface area contributed by atoms with E-state index in [2.05, 4.69) is 0 Å². The average Bonchev–Trinajstić information content (AvgIpc) is 1.84. The Bertz CT molecular complexity index is 112. The Labute approximate surface area is 55.8 Å². The van der Waals surface area contributed by atoms with E-state index in [-0.39, 0.29) is 17.4 Å². The van der Waals surface area contributed by atoms with Crippen LogP contribution in [0.5, 0.6) is 0 Å². The van der Waals surface area contributed by atoms with E-state index < -0.39 is 0 Å². The molecule has 0 radical (unpaired) electrons. The third kappa shape index (κ3) is 2.40. The van der Waals surface area contributed by atoms with Crippen LogP contribution in [-0.4, -0.2) is 10.2 Å². The minimum atomic E-state index is 0.0318. The zero-order valence-electron chi connectivity index (χ0n) is 6.18. The van der Waals surface area contributed by atoms with Crippen molar-refractivity contribution in [3.8, 4) is 0 Å². The molecule has 2 N–H and O–H groups in total. The quantitative estimate of drug-likeness (QED) is 0.563. The van der Waals surface area contributed by atoms with Crippen molar-refractivity contribution >= 4 is 0 Å². The highest BCUT2D eigenvalue weighted by molar-refractivity contribution is 4.98. The Morgan fingerprint density at radius 3 is 2.00 bits per heavy atom. The van der Waals surface area contributed by atoms with Crippen molar-refractivity contribution in [1.29, 1.82) is 0 Å². The molecular formula is C7H14O2. The fourth-order valence-corrected chi connectivity index (χ4v) is 0.550. The number of aliphatic hydroxyl groups is 2. The van der Waals surface area contributed by atoms with E-state index in [0.29, 0.717) is 0 Å². The van der Waals surface area contributed by atoms with Gasteiger partial charge in [-0.3, -0.25) is 0 Å². The SMILES string of the molecule is CCC(C)/C(O)=C(/C)O. The molecule has 0 aromatic carbocycles. The van der Waals surface area contributed by atoms with Crippen LogP contribution >= 0.6 is 0 Å². The highest BCUT2D eigenvalue weighted by atomic mass is 16.3. The summed E-state index contributed by atoms with van der Waals surface area (Å²) in [7, 11) is 0. The molecule has 2 heteroatoms. The second-order valence-corrected chi connectivity index (χ2v) is 2.28. The van der Waals surface area contributed by atoms with Crippen LogP contribution in [0.4, 0.5) is 0 Å². The Morgan fingerprint density at radius 2 is 1.89 bits per heavy atom. The van der Waals surface area contributed by atoms with Crippen LogP contribution < -0.4 is 0 Å². The van der Waals surface area contributed by atoms with Gasteiger partial charge in [0.2, 0.25) is 0 Å². The third-order valence-corrected chi connectivity index (χ3v) is 1.45. The number of allylic oxidation sites excluding steroid dienone is 2. The van der Waals surface area contributed by atoms with Gasteiger partial charge in [-0.05, 0) is 13.3 Å². The molecule has 0 rings (SSSR count). The van der Waals surface area contributed by atoms with E-state index in [1.165, 1.54) is 6.92 Å². The van der Waals surface area contributed by atoms with Crippen LogP contribution in [0.2, 0.25) is 0 Å². The monoisotopic (exact) mass is 130 g/mol. The standard InChI is InChI=1S/C7H14O2/c1-4-5(2)7(9)6(3)8/h5,8-9H,4H2,1-3H3/b7-6+. The van der Waals surface area contributed by atoms with E-state index in [9.17, 15) is 0 Å². The van der Waals surface area contributed by atoms with Crippen molar-refractivity contribution in [3.05, 3.63) is 11.5 Å². The van der Waals surface area contributed by atoms with E-state index in [0.717, 1.165) is 6.42 Å². The second-order valence-electron chi connectivity index (χ2n) is 2.28. The Balaban J connectivity index is 4.02. The molecule has 0 amide bonds. The normalized spacial score (nSPS) is 16.8. The largest absolute Gasteiger partial charge is 0.509 e. The zero-order chi connectivity index (χ0) is 7.44. The maximum absolute atomic E-state index is 9.02. The van der Waals surface area contributed by atoms with Crippen molar-refractivity contribution < 1.29 is 10.2 Å². The van der Waals surface area contributed by atoms with Crippen LogP contribution in [0.1, 0.15) is 27.2 Å². The maximum atomic E-state index is 9.02. The first-order valence-electron chi connectivity index (χ1n) is 3.18. The van der Waals surface area contributed by atoms with Gasteiger partial charge in [-0.1, -0.05) is 13.8 Å². The van der Waals surface area contributed by atoms with Crippen molar-refractivity contribution in [2.45, 2.75) is 27.2 Å². The predicted octanol–water partition coefficient (Wildman–Crippen LogP) is 2.38. The first-order chi connectivity index (χ1) is 4.09. The van der Waals surface area contributed by atoms with Crippen molar-refractivity contribution in [1.82, 2.24) is 0 Å². The first-order valence-corrected chi connectivity index (χ1v) is 3.18. The molecule has 0 bridgehead atoms. The molecule has 0 aromatic heterocycles. The van der Waals surface area contributed by atoms with Gasteiger partial charge in [0.05, 0.1) is 0 Å². The summed E-state index contributed by atoms with van der Waals surface area (Å²) in [6, 6.07) is 0. The summed E-state index contributed by atoms with van der Waals surface area (Å²) in [5, 5.41) is 17.8. The van der Waals surface area contributed by atoms with Gasteiger partial charge < -0.3 is 10.2 Å². The zero-order valence-corrected chi connectivity index (χ0v) is 6.18. The predicted molar refractivity (Wildman–Crippen MR) is 37.4 cm³/mol. The first kappa shape index (κ1) is 8.34. The van der Waals surface area contributed by atoms with Crippen molar-refractivity contribution in [2.24, 2.45) is 5.92 Å². The van der Waals surface area contributed by atoms with E-state index >= 15 is 0 Å². The number of hydrogen-bond donors (Lipinski definition) is 2. The van der Waals surface area contributed by atoms with Gasteiger partial charge in [0, 0.05) is 5.92 Å². The van der Waals surface area contributed by atoms with Crippen LogP contribution in [0.3, 0.4) is 0 Å². The lowest BCUT2D eigenvalue weighted by molar-refractivity contribution is 0.279. The number of hydrogen-bond acceptors (Lipinski definition) is 2. The van der Waals surface area contributed by atoms with Gasteiger partial charge in [0.1, 0.15) is 11.5 Å². The summed E-state index contributed by atoms with van der Waals surface area (Å²) in [5.74, 6) is 0.219. The third-order valence-electron chi connectivity index (χ3n) is 1.45. The fourth-order valence-electron chi connectivity index (χ4n) is 0.550. The molecule has 0 heterocycles. The highest BCUT2D eigenvalue weighted by Gasteiger charge is 2.06. The maximum Gasteiger partial charge on any atom is 0.132 e. The summed E-state index contributed by atoms with van der Waals surface area (Å²) in [4.78, 5) is 0. The van der Waals surface area contributed by atoms with Gasteiger partial charge in [0.15, 0.2) is 0 Å². The molecule has 0 aliphatic carbocycles. The van der Waals surface area contributed by atoms with Gasteiger partial charge >= 0.3 is 0 Å². The summed E-state index contributed by atoms with van der Waals surface area (Å²) >= 11 is 0. The molecule has 1 atom stereocenters. The van der Waals surface area contributed by atoms with E-state index in [4.69, 9.17) is 10.2 Å². The Morgan fingerprint density at radius 1 is 1.44 bits per heavy atom. The van der Waals surface area contributed by atoms with Crippen LogP contribution in [-0.2, 0) is 0 Å². The van der Waals surface area contributed by atoms with E-state index in [1.54, 1.807) is 0 Å². The molecule has 0 aromatic rings. The van der Waals surface area contributed by atoms with Crippen molar-refractivity contribution in [3.63, 3.8) is 0 Å². The summed E-state index contributed by atoms with van der Waals surface area (Å²) < 4.78 is 0. The molecule has 0 fully saturated rings. The molecule has 54 valence electrons. The summed E-state index contributed by atoms with van der Waals surface area (Å²) in [6.45, 7) is 5.32. The highest BCUT2D eigenvalue weighted by Crippen LogP contribution is 2.12. The van der Waals surface area contributed by atoms with Crippen molar-refractivity contribution in [2.75, 3.05) is 0 Å². The average molecular weight is 130 g/mol. The lowest BCUT2D eigenvalue weighted by atomic mass is 10.1. The molecule has 0 aliphatic heterocycles. The lowest BCUT2D eigenvalue weighted by Crippen LogP contribution is -1.99. The Hall–Kier alpha value is -0.660. The van der Waals surface area contributed by atoms with Crippen LogP contribution in [0.15, 0.2) is 11.5 Å². The Kier molecular flexibility index (Phi) is 3.13. The molecule has 2 nitrogen and oxygen atoms in total. The van der Waals surface area contributed by atoms with Gasteiger partial charge in [-0.15, -0.1) is 0 Å².